The van der Waals surface area contributed by atoms with Gasteiger partial charge in [0, 0.05) is 37.0 Å². The van der Waals surface area contributed by atoms with E-state index in [0.717, 1.165) is 17.3 Å². The number of hydrogen-bond acceptors (Lipinski definition) is 6. The van der Waals surface area contributed by atoms with Gasteiger partial charge in [0.05, 0.1) is 24.5 Å². The molecule has 0 radical (unpaired) electrons. The van der Waals surface area contributed by atoms with E-state index in [1.54, 1.807) is 32.9 Å². The molecule has 228 valence electrons. The maximum atomic E-state index is 14.7. The molecule has 0 spiro atoms. The minimum absolute atomic E-state index is 0.00350. The van der Waals surface area contributed by atoms with Crippen LogP contribution >= 0.6 is 0 Å². The van der Waals surface area contributed by atoms with Crippen molar-refractivity contribution in [2.75, 3.05) is 20.2 Å². The second-order valence-electron chi connectivity index (χ2n) is 9.30. The van der Waals surface area contributed by atoms with Gasteiger partial charge in [0.25, 0.3) is 18.3 Å². The average molecular weight is 586 g/mol. The molecule has 2 atom stereocenters. The summed E-state index contributed by atoms with van der Waals surface area (Å²) in [6.07, 6.45) is 6.39. The van der Waals surface area contributed by atoms with Crippen LogP contribution in [0.2, 0.25) is 0 Å². The summed E-state index contributed by atoms with van der Waals surface area (Å²) in [6, 6.07) is -0.882. The van der Waals surface area contributed by atoms with Gasteiger partial charge < -0.3 is 15.0 Å². The third kappa shape index (κ3) is 11.1. The van der Waals surface area contributed by atoms with E-state index in [9.17, 15) is 26.7 Å². The summed E-state index contributed by atoms with van der Waals surface area (Å²) in [5, 5.41) is 11.4. The molecule has 0 saturated carbocycles. The van der Waals surface area contributed by atoms with E-state index in [0.29, 0.717) is 12.8 Å². The van der Waals surface area contributed by atoms with Crippen molar-refractivity contribution in [1.82, 2.24) is 10.2 Å². The second-order valence-corrected chi connectivity index (χ2v) is 9.30. The van der Waals surface area contributed by atoms with Crippen molar-refractivity contribution >= 4 is 24.0 Å². The van der Waals surface area contributed by atoms with Crippen molar-refractivity contribution in [3.63, 3.8) is 0 Å². The molecule has 1 fully saturated rings. The lowest BCUT2D eigenvalue weighted by atomic mass is 9.88. The molecule has 0 unspecified atom stereocenters. The van der Waals surface area contributed by atoms with Gasteiger partial charge in [0.15, 0.2) is 0 Å². The Morgan fingerprint density at radius 1 is 1.15 bits per heavy atom. The molecule has 1 heterocycles. The zero-order valence-electron chi connectivity index (χ0n) is 24.4. The number of carbonyl (C=O) groups excluding carboxylic acids is 1. The highest BCUT2D eigenvalue weighted by Crippen LogP contribution is 2.35. The molecule has 0 aromatic rings. The predicted molar refractivity (Wildman–Crippen MR) is 153 cm³/mol. The topological polar surface area (TPSA) is 90.1 Å². The Morgan fingerprint density at radius 3 is 2.34 bits per heavy atom. The van der Waals surface area contributed by atoms with Crippen LogP contribution in [-0.4, -0.2) is 67.5 Å². The number of amides is 1. The molecule has 1 rings (SSSR count). The Balaban J connectivity index is 3.39. The summed E-state index contributed by atoms with van der Waals surface area (Å²) < 4.78 is 75.0. The van der Waals surface area contributed by atoms with Crippen LogP contribution in [-0.2, 0) is 9.53 Å². The molecule has 1 aliphatic rings. The molecule has 1 amide bonds. The van der Waals surface area contributed by atoms with Gasteiger partial charge >= 0.3 is 0 Å². The number of ether oxygens (including phenoxy) is 1. The lowest BCUT2D eigenvalue weighted by molar-refractivity contribution is -0.149. The number of likely N-dealkylation sites (tertiary alicyclic amines) is 1. The zero-order valence-corrected chi connectivity index (χ0v) is 24.4. The van der Waals surface area contributed by atoms with Crippen LogP contribution in [0.25, 0.3) is 0 Å². The van der Waals surface area contributed by atoms with E-state index in [1.807, 2.05) is 0 Å². The Kier molecular flexibility index (Phi) is 15.0. The number of aliphatic imine (C=N–C) groups is 2. The fourth-order valence-electron chi connectivity index (χ4n) is 4.02. The maximum absolute atomic E-state index is 14.7. The van der Waals surface area contributed by atoms with Crippen LogP contribution in [0.4, 0.5) is 22.0 Å². The first-order chi connectivity index (χ1) is 19.3. The monoisotopic (exact) mass is 585 g/mol. The highest BCUT2D eigenvalue weighted by Gasteiger charge is 2.47. The molecule has 1 aliphatic heterocycles. The van der Waals surface area contributed by atoms with Crippen molar-refractivity contribution in [3.8, 4) is 0 Å². The Bertz CT molecular complexity index is 1120. The highest BCUT2D eigenvalue weighted by atomic mass is 19.3. The van der Waals surface area contributed by atoms with Gasteiger partial charge in [0.1, 0.15) is 18.1 Å². The molecular weight excluding hydrogens is 545 g/mol. The van der Waals surface area contributed by atoms with Crippen molar-refractivity contribution in [3.05, 3.63) is 59.1 Å². The number of hydrogen-bond donors (Lipinski definition) is 2. The van der Waals surface area contributed by atoms with E-state index in [1.165, 1.54) is 39.2 Å². The summed E-state index contributed by atoms with van der Waals surface area (Å²) in [6.45, 7) is 6.83. The number of nitrogens with one attached hydrogen (secondary N) is 2. The van der Waals surface area contributed by atoms with Crippen molar-refractivity contribution in [2.45, 2.75) is 72.3 Å². The van der Waals surface area contributed by atoms with Gasteiger partial charge in [-0.2, -0.15) is 0 Å². The van der Waals surface area contributed by atoms with Crippen molar-refractivity contribution in [1.29, 1.82) is 5.41 Å². The fourth-order valence-corrected chi connectivity index (χ4v) is 4.02. The number of allylic oxidation sites excluding steroid dienone is 7. The molecule has 12 heteroatoms. The summed E-state index contributed by atoms with van der Waals surface area (Å²) >= 11 is 0. The Hall–Kier alpha value is -3.57. The Morgan fingerprint density at radius 2 is 1.80 bits per heavy atom. The fraction of sp³-hybridized carbons (Fsp3) is 0.517. The maximum Gasteiger partial charge on any atom is 0.273 e. The van der Waals surface area contributed by atoms with Crippen LogP contribution < -0.4 is 5.32 Å². The molecule has 0 bridgehead atoms. The zero-order chi connectivity index (χ0) is 31.2. The van der Waals surface area contributed by atoms with Crippen molar-refractivity contribution < 1.29 is 31.5 Å². The van der Waals surface area contributed by atoms with Gasteiger partial charge in [-0.25, -0.2) is 26.9 Å². The average Bonchev–Trinajstić information content (AvgIpc) is 2.91. The van der Waals surface area contributed by atoms with Gasteiger partial charge in [-0.3, -0.25) is 15.2 Å². The van der Waals surface area contributed by atoms with Crippen molar-refractivity contribution in [2.24, 2.45) is 15.9 Å². The van der Waals surface area contributed by atoms with Crippen LogP contribution in [0.15, 0.2) is 69.0 Å². The van der Waals surface area contributed by atoms with E-state index >= 15 is 0 Å². The molecule has 1 saturated heterocycles. The first-order valence-corrected chi connectivity index (χ1v) is 13.4. The molecule has 0 aromatic heterocycles. The number of piperidine rings is 1. The van der Waals surface area contributed by atoms with E-state index < -0.39 is 54.7 Å². The Labute approximate surface area is 238 Å². The number of rotatable bonds is 14. The summed E-state index contributed by atoms with van der Waals surface area (Å²) in [4.78, 5) is 22.5. The van der Waals surface area contributed by atoms with E-state index in [4.69, 9.17) is 10.1 Å². The molecule has 0 aromatic carbocycles. The van der Waals surface area contributed by atoms with Crippen LogP contribution in [0.1, 0.15) is 53.9 Å². The predicted octanol–water partition coefficient (Wildman–Crippen LogP) is 6.77. The normalized spacial score (nSPS) is 21.3. The molecular formula is C29H40F5N5O2. The molecule has 41 heavy (non-hydrogen) atoms. The van der Waals surface area contributed by atoms with Crippen LogP contribution in [0.5, 0.6) is 0 Å². The second kappa shape index (κ2) is 17.3. The van der Waals surface area contributed by atoms with Gasteiger partial charge in [-0.05, 0) is 38.7 Å². The highest BCUT2D eigenvalue weighted by molar-refractivity contribution is 6.45. The van der Waals surface area contributed by atoms with E-state index in [-0.39, 0.29) is 29.3 Å². The first-order valence-electron chi connectivity index (χ1n) is 13.4. The quantitative estimate of drug-likeness (QED) is 0.102. The summed E-state index contributed by atoms with van der Waals surface area (Å²) in [5.41, 5.74) is -0.835. The molecule has 7 nitrogen and oxygen atoms in total. The number of carbonyl (C=O) groups is 1. The standard InChI is InChI=1S/C29H40F5N5O2/c1-7-11-23(37-15-21(30)10-4)22(16-36-6)26(35)28(40)39-18-29(33,34)13-19(5)24(39)17-41-25(12-8-2)38-14-20(9-3)27(31)32/h9-12,14-16,19,24,27,35-36H,7-8,13,17-18H2,1-6H3/b20-9+,21-10+,22-16-,23-11+,25-12-,35-26?,37-15+,38-14-/t19-,24-/m1/s1. The smallest absolute Gasteiger partial charge is 0.273 e. The largest absolute Gasteiger partial charge is 0.476 e. The van der Waals surface area contributed by atoms with Gasteiger partial charge in [-0.15, -0.1) is 0 Å². The molecule has 0 aliphatic carbocycles. The number of alkyl halides is 4. The minimum atomic E-state index is -3.22. The third-order valence-corrected chi connectivity index (χ3v) is 6.10. The number of halogens is 5. The van der Waals surface area contributed by atoms with Gasteiger partial charge in [0.2, 0.25) is 5.88 Å². The van der Waals surface area contributed by atoms with E-state index in [2.05, 4.69) is 15.3 Å². The lowest BCUT2D eigenvalue weighted by Gasteiger charge is -2.43. The van der Waals surface area contributed by atoms with Gasteiger partial charge in [-0.1, -0.05) is 39.0 Å². The SMILES string of the molecule is C\C=C(F)/C=N/C(=C/CC)C(=C/NC)/C(=N)C(=O)N1CC(F)(F)C[C@@H](C)[C@H]1COC(=C\CC)/N=C\C(=C/C)C(F)F. The third-order valence-electron chi connectivity index (χ3n) is 6.10. The first kappa shape index (κ1) is 35.5. The minimum Gasteiger partial charge on any atom is -0.476 e. The summed E-state index contributed by atoms with van der Waals surface area (Å²) in [5.74, 6) is -5.58. The van der Waals surface area contributed by atoms with Crippen LogP contribution in [0, 0.1) is 11.3 Å². The molecule has 2 N–H and O–H groups in total. The number of nitrogens with zero attached hydrogens (tertiary/aromatic N) is 3. The lowest BCUT2D eigenvalue weighted by Crippen LogP contribution is -2.58. The summed E-state index contributed by atoms with van der Waals surface area (Å²) in [7, 11) is 1.53. The van der Waals surface area contributed by atoms with Crippen LogP contribution in [0.3, 0.4) is 0 Å².